The number of amides is 1. The van der Waals surface area contributed by atoms with E-state index in [1.165, 1.54) is 6.07 Å². The number of rotatable bonds is 8. The Balaban J connectivity index is 1.87. The van der Waals surface area contributed by atoms with Crippen LogP contribution in [0.25, 0.3) is 10.9 Å². The number of aromatic nitrogens is 2. The lowest BCUT2D eigenvalue weighted by molar-refractivity contribution is -0.115. The van der Waals surface area contributed by atoms with E-state index in [1.807, 2.05) is 13.8 Å². The van der Waals surface area contributed by atoms with Crippen LogP contribution in [0.3, 0.4) is 0 Å². The molecule has 0 saturated heterocycles. The number of nitrogens with one attached hydrogen (secondary N) is 1. The number of sulfonamides is 1. The summed E-state index contributed by atoms with van der Waals surface area (Å²) in [5.41, 5.74) is 1.22. The van der Waals surface area contributed by atoms with Gasteiger partial charge in [0.25, 0.3) is 0 Å². The fourth-order valence-electron chi connectivity index (χ4n) is 2.96. The van der Waals surface area contributed by atoms with Crippen molar-refractivity contribution in [3.05, 3.63) is 53.2 Å². The lowest BCUT2D eigenvalue weighted by Gasteiger charge is -2.08. The molecule has 0 radical (unpaired) electrons. The summed E-state index contributed by atoms with van der Waals surface area (Å²) < 4.78 is 31.3. The fraction of sp³-hybridized carbons (Fsp3) is 0.300. The van der Waals surface area contributed by atoms with Crippen LogP contribution in [0.4, 0.5) is 5.69 Å². The van der Waals surface area contributed by atoms with Crippen molar-refractivity contribution < 1.29 is 17.9 Å². The van der Waals surface area contributed by atoms with Crippen molar-refractivity contribution >= 4 is 44.1 Å². The Labute approximate surface area is 180 Å². The van der Waals surface area contributed by atoms with Crippen LogP contribution in [0, 0.1) is 0 Å². The maximum absolute atomic E-state index is 12.5. The maximum atomic E-state index is 12.5. The molecule has 8 nitrogen and oxygen atoms in total. The molecule has 3 rings (SSSR count). The summed E-state index contributed by atoms with van der Waals surface area (Å²) in [6.45, 7) is 4.73. The standard InChI is InChI=1S/C20H23ClN4O4S/c1-13(2)29-8-7-25-12-15-9-16(11-18(20(15)24-25)30(22,27)28)23-19(26)10-14-5-3-4-6-17(14)21/h3-6,9,11-13H,7-8,10H2,1-2H3,(H,23,26)(H2,22,27,28). The minimum Gasteiger partial charge on any atom is -0.377 e. The van der Waals surface area contributed by atoms with Crippen molar-refractivity contribution in [3.8, 4) is 0 Å². The lowest BCUT2D eigenvalue weighted by atomic mass is 10.1. The van der Waals surface area contributed by atoms with Crippen LogP contribution in [0.1, 0.15) is 19.4 Å². The Morgan fingerprint density at radius 2 is 2.03 bits per heavy atom. The van der Waals surface area contributed by atoms with Gasteiger partial charge in [0.05, 0.1) is 25.7 Å². The van der Waals surface area contributed by atoms with Crippen molar-refractivity contribution in [2.24, 2.45) is 5.14 Å². The van der Waals surface area contributed by atoms with Gasteiger partial charge in [-0.15, -0.1) is 0 Å². The molecule has 30 heavy (non-hydrogen) atoms. The van der Waals surface area contributed by atoms with Gasteiger partial charge in [-0.2, -0.15) is 5.10 Å². The zero-order chi connectivity index (χ0) is 21.9. The molecule has 1 amide bonds. The summed E-state index contributed by atoms with van der Waals surface area (Å²) in [7, 11) is -4.05. The molecule has 160 valence electrons. The molecule has 0 bridgehead atoms. The smallest absolute Gasteiger partial charge is 0.240 e. The lowest BCUT2D eigenvalue weighted by Crippen LogP contribution is -2.17. The molecule has 1 aromatic heterocycles. The monoisotopic (exact) mass is 450 g/mol. The molecule has 0 spiro atoms. The second-order valence-electron chi connectivity index (χ2n) is 7.09. The van der Waals surface area contributed by atoms with Crippen LogP contribution in [-0.2, 0) is 32.5 Å². The predicted octanol–water partition coefficient (Wildman–Crippen LogP) is 2.94. The summed E-state index contributed by atoms with van der Waals surface area (Å²) in [6, 6.07) is 9.99. The molecule has 0 aliphatic rings. The number of halogens is 1. The van der Waals surface area contributed by atoms with Crippen molar-refractivity contribution in [3.63, 3.8) is 0 Å². The Bertz CT molecular complexity index is 1170. The van der Waals surface area contributed by atoms with Crippen LogP contribution in [0.15, 0.2) is 47.5 Å². The molecule has 0 atom stereocenters. The average Bonchev–Trinajstić information content (AvgIpc) is 3.04. The third-order valence-electron chi connectivity index (χ3n) is 4.29. The first-order valence-electron chi connectivity index (χ1n) is 9.32. The van der Waals surface area contributed by atoms with Gasteiger partial charge in [0, 0.05) is 22.3 Å². The van der Waals surface area contributed by atoms with E-state index in [-0.39, 0.29) is 28.8 Å². The van der Waals surface area contributed by atoms with E-state index in [4.69, 9.17) is 21.5 Å². The van der Waals surface area contributed by atoms with E-state index in [9.17, 15) is 13.2 Å². The normalized spacial score (nSPS) is 11.9. The number of nitrogens with zero attached hydrogens (tertiary/aromatic N) is 2. The first-order valence-corrected chi connectivity index (χ1v) is 11.2. The number of ether oxygens (including phenoxy) is 1. The SMILES string of the molecule is CC(C)OCCn1cc2cc(NC(=O)Cc3ccccc3Cl)cc(S(N)(=O)=O)c2n1. The molecule has 2 aromatic carbocycles. The summed E-state index contributed by atoms with van der Waals surface area (Å²) in [6.07, 6.45) is 1.82. The highest BCUT2D eigenvalue weighted by Gasteiger charge is 2.18. The first kappa shape index (κ1) is 22.2. The van der Waals surface area contributed by atoms with Crippen LogP contribution in [-0.4, -0.2) is 36.8 Å². The van der Waals surface area contributed by atoms with Crippen molar-refractivity contribution in [2.45, 2.75) is 37.8 Å². The van der Waals surface area contributed by atoms with E-state index >= 15 is 0 Å². The summed E-state index contributed by atoms with van der Waals surface area (Å²) >= 11 is 6.10. The molecular formula is C20H23ClN4O4S. The highest BCUT2D eigenvalue weighted by molar-refractivity contribution is 7.89. The second-order valence-corrected chi connectivity index (χ2v) is 9.02. The van der Waals surface area contributed by atoms with Crippen LogP contribution in [0.5, 0.6) is 0 Å². The van der Waals surface area contributed by atoms with Gasteiger partial charge in [-0.1, -0.05) is 29.8 Å². The third-order valence-corrected chi connectivity index (χ3v) is 5.58. The van der Waals surface area contributed by atoms with Crippen LogP contribution in [0.2, 0.25) is 5.02 Å². The molecule has 3 N–H and O–H groups in total. The number of hydrogen-bond acceptors (Lipinski definition) is 5. The average molecular weight is 451 g/mol. The molecule has 0 unspecified atom stereocenters. The van der Waals surface area contributed by atoms with Gasteiger partial charge in [0.2, 0.25) is 15.9 Å². The van der Waals surface area contributed by atoms with Crippen molar-refractivity contribution in [1.29, 1.82) is 0 Å². The van der Waals surface area contributed by atoms with Crippen LogP contribution >= 0.6 is 11.6 Å². The molecule has 0 aliphatic heterocycles. The Hall–Kier alpha value is -2.46. The Morgan fingerprint density at radius 3 is 2.70 bits per heavy atom. The Kier molecular flexibility index (Phi) is 6.77. The molecule has 0 aliphatic carbocycles. The maximum Gasteiger partial charge on any atom is 0.240 e. The number of carbonyl (C=O) groups excluding carboxylic acids is 1. The predicted molar refractivity (Wildman–Crippen MR) is 116 cm³/mol. The van der Waals surface area contributed by atoms with Gasteiger partial charge in [0.1, 0.15) is 10.4 Å². The first-order chi connectivity index (χ1) is 14.1. The van der Waals surface area contributed by atoms with Gasteiger partial charge in [-0.25, -0.2) is 13.6 Å². The molecule has 10 heteroatoms. The number of nitrogens with two attached hydrogens (primary N) is 1. The Morgan fingerprint density at radius 1 is 1.30 bits per heavy atom. The minimum atomic E-state index is -4.05. The van der Waals surface area contributed by atoms with E-state index < -0.39 is 10.0 Å². The number of anilines is 1. The third kappa shape index (κ3) is 5.57. The molecule has 1 heterocycles. The van der Waals surface area contributed by atoms with Gasteiger partial charge < -0.3 is 10.1 Å². The molecule has 3 aromatic rings. The van der Waals surface area contributed by atoms with E-state index in [0.29, 0.717) is 34.8 Å². The van der Waals surface area contributed by atoms with Gasteiger partial charge in [-0.05, 0) is 37.6 Å². The zero-order valence-corrected chi connectivity index (χ0v) is 18.2. The molecule has 0 saturated carbocycles. The number of primary sulfonamides is 1. The number of benzene rings is 2. The second kappa shape index (κ2) is 9.13. The van der Waals surface area contributed by atoms with Gasteiger partial charge in [-0.3, -0.25) is 9.48 Å². The topological polar surface area (TPSA) is 116 Å². The van der Waals surface area contributed by atoms with E-state index in [2.05, 4.69) is 10.4 Å². The summed E-state index contributed by atoms with van der Waals surface area (Å²) in [4.78, 5) is 12.3. The highest BCUT2D eigenvalue weighted by Crippen LogP contribution is 2.26. The van der Waals surface area contributed by atoms with E-state index in [1.54, 1.807) is 41.2 Å². The quantitative estimate of drug-likeness (QED) is 0.547. The summed E-state index contributed by atoms with van der Waals surface area (Å²) in [5, 5.41) is 13.4. The zero-order valence-electron chi connectivity index (χ0n) is 16.6. The van der Waals surface area contributed by atoms with Crippen LogP contribution < -0.4 is 10.5 Å². The van der Waals surface area contributed by atoms with Gasteiger partial charge >= 0.3 is 0 Å². The highest BCUT2D eigenvalue weighted by atomic mass is 35.5. The summed E-state index contributed by atoms with van der Waals surface area (Å²) in [5.74, 6) is -0.333. The van der Waals surface area contributed by atoms with Crippen molar-refractivity contribution in [2.75, 3.05) is 11.9 Å². The van der Waals surface area contributed by atoms with Gasteiger partial charge in [0.15, 0.2) is 0 Å². The number of hydrogen-bond donors (Lipinski definition) is 2. The number of fused-ring (bicyclic) bond motifs is 1. The minimum absolute atomic E-state index is 0.0498. The fourth-order valence-corrected chi connectivity index (χ4v) is 3.88. The van der Waals surface area contributed by atoms with Crippen molar-refractivity contribution in [1.82, 2.24) is 9.78 Å². The number of carbonyl (C=O) groups is 1. The molecular weight excluding hydrogens is 428 g/mol. The molecule has 0 fully saturated rings. The van der Waals surface area contributed by atoms with E-state index in [0.717, 1.165) is 0 Å². The largest absolute Gasteiger partial charge is 0.377 e.